The molecule has 0 aromatic heterocycles. The van der Waals surface area contributed by atoms with Gasteiger partial charge in [0, 0.05) is 32.2 Å². The van der Waals surface area contributed by atoms with Gasteiger partial charge >= 0.3 is 0 Å². The van der Waals surface area contributed by atoms with Crippen molar-refractivity contribution in [1.29, 1.82) is 0 Å². The van der Waals surface area contributed by atoms with Gasteiger partial charge in [-0.05, 0) is 40.0 Å². The van der Waals surface area contributed by atoms with Crippen LogP contribution in [0.4, 0.5) is 4.39 Å². The molecule has 0 unspecified atom stereocenters. The van der Waals surface area contributed by atoms with E-state index in [1.165, 1.54) is 0 Å². The summed E-state index contributed by atoms with van der Waals surface area (Å²) in [5.74, 6) is 0.808. The molecular weight excluding hydrogens is 311 g/mol. The quantitative estimate of drug-likeness (QED) is 0.898. The second-order valence-electron chi connectivity index (χ2n) is 4.67. The van der Waals surface area contributed by atoms with Gasteiger partial charge in [0.1, 0.15) is 5.75 Å². The summed E-state index contributed by atoms with van der Waals surface area (Å²) in [6.45, 7) is 3.58. The Morgan fingerprint density at radius 3 is 2.74 bits per heavy atom. The van der Waals surface area contributed by atoms with Gasteiger partial charge in [-0.15, -0.1) is 0 Å². The lowest BCUT2D eigenvalue weighted by Crippen LogP contribution is -2.45. The number of piperazine rings is 1. The Hall–Kier alpha value is -0.650. The van der Waals surface area contributed by atoms with Gasteiger partial charge in [0.25, 0.3) is 0 Å². The molecule has 1 aromatic rings. The number of rotatable bonds is 5. The first kappa shape index (κ1) is 14.8. The van der Waals surface area contributed by atoms with Crippen molar-refractivity contribution in [2.75, 3.05) is 40.0 Å². The number of ether oxygens (including phenoxy) is 1. The Morgan fingerprint density at radius 1 is 1.42 bits per heavy atom. The Morgan fingerprint density at radius 2 is 2.16 bits per heavy atom. The molecule has 0 saturated carbocycles. The number of benzene rings is 1. The predicted molar refractivity (Wildman–Crippen MR) is 78.5 cm³/mol. The van der Waals surface area contributed by atoms with Crippen LogP contribution in [0.3, 0.4) is 0 Å². The molecule has 2 rings (SSSR count). The molecule has 1 atom stereocenters. The summed E-state index contributed by atoms with van der Waals surface area (Å²) in [6.07, 6.45) is 0.540. The van der Waals surface area contributed by atoms with Gasteiger partial charge in [-0.25, -0.2) is 0 Å². The molecule has 106 valence electrons. The van der Waals surface area contributed by atoms with Crippen LogP contribution in [0.25, 0.3) is 0 Å². The van der Waals surface area contributed by atoms with Crippen molar-refractivity contribution in [3.8, 4) is 5.75 Å². The fourth-order valence-electron chi connectivity index (χ4n) is 2.55. The van der Waals surface area contributed by atoms with Crippen molar-refractivity contribution >= 4 is 15.9 Å². The molecule has 0 aliphatic carbocycles. The highest BCUT2D eigenvalue weighted by atomic mass is 79.9. The van der Waals surface area contributed by atoms with Gasteiger partial charge in [0.15, 0.2) is 0 Å². The molecule has 0 radical (unpaired) electrons. The van der Waals surface area contributed by atoms with Crippen molar-refractivity contribution in [3.63, 3.8) is 0 Å². The molecule has 5 heteroatoms. The van der Waals surface area contributed by atoms with E-state index in [2.05, 4.69) is 26.1 Å². The smallest absolute Gasteiger partial charge is 0.133 e. The molecule has 1 fully saturated rings. The maximum Gasteiger partial charge on any atom is 0.133 e. The highest BCUT2D eigenvalue weighted by Crippen LogP contribution is 2.32. The average molecular weight is 331 g/mol. The van der Waals surface area contributed by atoms with Crippen LogP contribution in [0.1, 0.15) is 18.0 Å². The predicted octanol–water partition coefficient (Wildman–Crippen LogP) is 2.76. The van der Waals surface area contributed by atoms with Crippen LogP contribution in [0.5, 0.6) is 5.75 Å². The third-order valence-electron chi connectivity index (χ3n) is 3.54. The van der Waals surface area contributed by atoms with Crippen molar-refractivity contribution in [2.24, 2.45) is 0 Å². The molecule has 1 N–H and O–H groups in total. The molecule has 0 spiro atoms. The Kier molecular flexibility index (Phi) is 5.60. The van der Waals surface area contributed by atoms with E-state index in [9.17, 15) is 4.39 Å². The van der Waals surface area contributed by atoms with Gasteiger partial charge in [-0.1, -0.05) is 6.07 Å². The molecule has 1 heterocycles. The van der Waals surface area contributed by atoms with E-state index in [1.807, 2.05) is 18.2 Å². The van der Waals surface area contributed by atoms with Crippen molar-refractivity contribution in [2.45, 2.75) is 12.5 Å². The van der Waals surface area contributed by atoms with Crippen LogP contribution < -0.4 is 10.1 Å². The number of hydrogen-bond acceptors (Lipinski definition) is 3. The van der Waals surface area contributed by atoms with Crippen LogP contribution in [0.15, 0.2) is 22.7 Å². The third kappa shape index (κ3) is 3.68. The fourth-order valence-corrected chi connectivity index (χ4v) is 3.11. The first-order valence-electron chi connectivity index (χ1n) is 6.60. The number of methoxy groups -OCH3 is 1. The van der Waals surface area contributed by atoms with Gasteiger partial charge in [-0.3, -0.25) is 9.29 Å². The second kappa shape index (κ2) is 7.22. The molecule has 1 saturated heterocycles. The van der Waals surface area contributed by atoms with Gasteiger partial charge in [0.05, 0.1) is 18.3 Å². The topological polar surface area (TPSA) is 24.5 Å². The van der Waals surface area contributed by atoms with Crippen molar-refractivity contribution in [3.05, 3.63) is 28.2 Å². The first-order valence-corrected chi connectivity index (χ1v) is 7.39. The second-order valence-corrected chi connectivity index (χ2v) is 5.53. The van der Waals surface area contributed by atoms with Crippen molar-refractivity contribution < 1.29 is 9.13 Å². The molecule has 0 bridgehead atoms. The maximum atomic E-state index is 12.9. The van der Waals surface area contributed by atoms with Gasteiger partial charge in [-0.2, -0.15) is 0 Å². The lowest BCUT2D eigenvalue weighted by atomic mass is 10.0. The molecule has 19 heavy (non-hydrogen) atoms. The molecule has 1 aromatic carbocycles. The van der Waals surface area contributed by atoms with E-state index < -0.39 is 0 Å². The zero-order valence-electron chi connectivity index (χ0n) is 11.2. The molecule has 1 aliphatic rings. The normalized spacial score (nSPS) is 18.3. The molecule has 0 amide bonds. The minimum atomic E-state index is -0.293. The monoisotopic (exact) mass is 330 g/mol. The van der Waals surface area contributed by atoms with Crippen LogP contribution in [-0.2, 0) is 0 Å². The third-order valence-corrected chi connectivity index (χ3v) is 4.16. The largest absolute Gasteiger partial charge is 0.496 e. The van der Waals surface area contributed by atoms with Crippen LogP contribution in [0.2, 0.25) is 0 Å². The van der Waals surface area contributed by atoms with E-state index in [4.69, 9.17) is 4.74 Å². The van der Waals surface area contributed by atoms with E-state index in [1.54, 1.807) is 7.11 Å². The average Bonchev–Trinajstić information content (AvgIpc) is 2.45. The first-order chi connectivity index (χ1) is 9.26. The van der Waals surface area contributed by atoms with Crippen LogP contribution in [-0.4, -0.2) is 44.9 Å². The van der Waals surface area contributed by atoms with E-state index in [0.29, 0.717) is 6.42 Å². The lowest BCUT2D eigenvalue weighted by Gasteiger charge is -2.35. The SMILES string of the molecule is COc1ccc([C@@H](CCF)N2CCNCC2)cc1Br. The number of hydrogen-bond donors (Lipinski definition) is 1. The van der Waals surface area contributed by atoms with E-state index >= 15 is 0 Å². The summed E-state index contributed by atoms with van der Waals surface area (Å²) in [4.78, 5) is 2.35. The lowest BCUT2D eigenvalue weighted by molar-refractivity contribution is 0.157. The zero-order chi connectivity index (χ0) is 13.7. The maximum absolute atomic E-state index is 12.9. The summed E-state index contributed by atoms with van der Waals surface area (Å²) in [6, 6.07) is 6.16. The van der Waals surface area contributed by atoms with Crippen molar-refractivity contribution in [1.82, 2.24) is 10.2 Å². The Balaban J connectivity index is 2.19. The van der Waals surface area contributed by atoms with E-state index in [0.717, 1.165) is 42.0 Å². The van der Waals surface area contributed by atoms with E-state index in [-0.39, 0.29) is 12.7 Å². The number of nitrogens with one attached hydrogen (secondary N) is 1. The molecule has 3 nitrogen and oxygen atoms in total. The Labute approximate surface area is 122 Å². The summed E-state index contributed by atoms with van der Waals surface area (Å²) >= 11 is 3.50. The Bertz CT molecular complexity index is 410. The van der Waals surface area contributed by atoms with Gasteiger partial charge < -0.3 is 10.1 Å². The summed E-state index contributed by atoms with van der Waals surface area (Å²) in [5, 5.41) is 3.33. The number of halogens is 2. The summed E-state index contributed by atoms with van der Waals surface area (Å²) in [5.41, 5.74) is 1.15. The number of alkyl halides is 1. The van der Waals surface area contributed by atoms with Crippen LogP contribution >= 0.6 is 15.9 Å². The minimum absolute atomic E-state index is 0.148. The molecular formula is C14H20BrFN2O. The standard InChI is InChI=1S/C14H20BrFN2O/c1-19-14-3-2-11(10-12(14)15)13(4-5-16)18-8-6-17-7-9-18/h2-3,10,13,17H,4-9H2,1H3/t13-/m1/s1. The zero-order valence-corrected chi connectivity index (χ0v) is 12.7. The summed E-state index contributed by atoms with van der Waals surface area (Å²) < 4.78 is 19.0. The highest BCUT2D eigenvalue weighted by Gasteiger charge is 2.22. The molecule has 1 aliphatic heterocycles. The highest BCUT2D eigenvalue weighted by molar-refractivity contribution is 9.10. The van der Waals surface area contributed by atoms with Crippen LogP contribution in [0, 0.1) is 0 Å². The van der Waals surface area contributed by atoms with Gasteiger partial charge in [0.2, 0.25) is 0 Å². The number of nitrogens with zero attached hydrogens (tertiary/aromatic N) is 1. The summed E-state index contributed by atoms with van der Waals surface area (Å²) in [7, 11) is 1.65. The minimum Gasteiger partial charge on any atom is -0.496 e. The fraction of sp³-hybridized carbons (Fsp3) is 0.571.